The molecule has 29 heavy (non-hydrogen) atoms. The van der Waals surface area contributed by atoms with E-state index in [4.69, 9.17) is 33.9 Å². The number of hydrogen-bond acceptors (Lipinski definition) is 6. The van der Waals surface area contributed by atoms with E-state index in [1.165, 1.54) is 0 Å². The van der Waals surface area contributed by atoms with Gasteiger partial charge in [-0.25, -0.2) is 0 Å². The summed E-state index contributed by atoms with van der Waals surface area (Å²) in [5.41, 5.74) is 1.80. The van der Waals surface area contributed by atoms with Crippen molar-refractivity contribution in [2.45, 2.75) is 6.42 Å². The minimum atomic E-state index is 0.247. The van der Waals surface area contributed by atoms with Gasteiger partial charge in [0.2, 0.25) is 11.8 Å². The third kappa shape index (κ3) is 6.62. The lowest BCUT2D eigenvalue weighted by molar-refractivity contribution is 0.352. The van der Waals surface area contributed by atoms with Crippen molar-refractivity contribution in [2.75, 3.05) is 28.3 Å². The molecule has 2 aromatic rings. The van der Waals surface area contributed by atoms with Crippen molar-refractivity contribution in [1.29, 1.82) is 0 Å². The molecule has 0 aliphatic carbocycles. The Labute approximate surface area is 182 Å². The number of ether oxygens (including phenoxy) is 2. The van der Waals surface area contributed by atoms with Crippen LogP contribution in [-0.2, 0) is 9.47 Å². The van der Waals surface area contributed by atoms with Crippen LogP contribution in [0.25, 0.3) is 0 Å². The van der Waals surface area contributed by atoms with Crippen LogP contribution in [0.1, 0.15) is 17.5 Å². The first kappa shape index (κ1) is 22.4. The number of rotatable bonds is 6. The molecule has 8 heteroatoms. The summed E-state index contributed by atoms with van der Waals surface area (Å²) >= 11 is 11.0. The van der Waals surface area contributed by atoms with Crippen molar-refractivity contribution in [1.82, 2.24) is 10.0 Å². The molecule has 0 radical (unpaired) electrons. The molecule has 0 amide bonds. The Morgan fingerprint density at radius 3 is 1.38 bits per heavy atom. The molecule has 0 saturated heterocycles. The molecular weight excluding hydrogens is 404 g/mol. The van der Waals surface area contributed by atoms with Gasteiger partial charge in [0.05, 0.1) is 14.2 Å². The Kier molecular flexibility index (Phi) is 8.69. The number of hydrazone groups is 2. The van der Waals surface area contributed by atoms with Crippen LogP contribution < -0.4 is 0 Å². The third-order valence-corrected chi connectivity index (χ3v) is 4.93. The van der Waals surface area contributed by atoms with Gasteiger partial charge < -0.3 is 9.47 Å². The predicted octanol–water partition coefficient (Wildman–Crippen LogP) is 3.91. The van der Waals surface area contributed by atoms with E-state index < -0.39 is 0 Å². The van der Waals surface area contributed by atoms with Crippen LogP contribution in [0.15, 0.2) is 70.9 Å². The minimum absolute atomic E-state index is 0.247. The lowest BCUT2D eigenvalue weighted by Gasteiger charge is -2.18. The van der Waals surface area contributed by atoms with Crippen LogP contribution in [0.3, 0.4) is 0 Å². The van der Waals surface area contributed by atoms with Gasteiger partial charge in [0.15, 0.2) is 0 Å². The highest BCUT2D eigenvalue weighted by Crippen LogP contribution is 2.08. The van der Waals surface area contributed by atoms with Crippen molar-refractivity contribution < 1.29 is 9.47 Å². The second-order valence-electron chi connectivity index (χ2n) is 5.96. The second-order valence-corrected chi connectivity index (χ2v) is 6.74. The molecule has 0 N–H and O–H groups in total. The summed E-state index contributed by atoms with van der Waals surface area (Å²) < 4.78 is 10.8. The van der Waals surface area contributed by atoms with Crippen LogP contribution in [0.2, 0.25) is 0 Å². The van der Waals surface area contributed by atoms with Gasteiger partial charge in [-0.1, -0.05) is 85.1 Å². The number of methoxy groups -OCH3 is 2. The molecule has 0 unspecified atom stereocenters. The Bertz CT molecular complexity index is 813. The van der Waals surface area contributed by atoms with Crippen molar-refractivity contribution in [3.05, 3.63) is 71.8 Å². The van der Waals surface area contributed by atoms with Crippen molar-refractivity contribution in [3.8, 4) is 0 Å². The number of nitrogens with zero attached hydrogens (tertiary/aromatic N) is 4. The van der Waals surface area contributed by atoms with E-state index in [0.29, 0.717) is 21.8 Å². The molecule has 0 saturated carbocycles. The molecule has 0 aliphatic rings. The normalized spacial score (nSPS) is 11.6. The maximum atomic E-state index is 5.49. The SMILES string of the molecule is CO/C(C/C(=N/N(C)C(=S)c1ccccc1)OC)=N\N(C)C(=S)c1ccccc1. The van der Waals surface area contributed by atoms with Crippen LogP contribution in [0.4, 0.5) is 0 Å². The van der Waals surface area contributed by atoms with Gasteiger partial charge in [-0.2, -0.15) is 0 Å². The predicted molar refractivity (Wildman–Crippen MR) is 125 cm³/mol. The Morgan fingerprint density at radius 1 is 0.724 bits per heavy atom. The molecule has 0 fully saturated rings. The monoisotopic (exact) mass is 428 g/mol. The van der Waals surface area contributed by atoms with Crippen LogP contribution in [-0.4, -0.2) is 60.1 Å². The highest BCUT2D eigenvalue weighted by atomic mass is 32.1. The molecule has 0 bridgehead atoms. The van der Waals surface area contributed by atoms with Crippen molar-refractivity contribution in [3.63, 3.8) is 0 Å². The van der Waals surface area contributed by atoms with E-state index in [-0.39, 0.29) is 6.42 Å². The molecule has 0 atom stereocenters. The van der Waals surface area contributed by atoms with Gasteiger partial charge in [0.1, 0.15) is 16.4 Å². The highest BCUT2D eigenvalue weighted by molar-refractivity contribution is 7.80. The summed E-state index contributed by atoms with van der Waals surface area (Å²) in [6, 6.07) is 19.3. The fraction of sp³-hybridized carbons (Fsp3) is 0.238. The fourth-order valence-corrected chi connectivity index (χ4v) is 2.74. The summed E-state index contributed by atoms with van der Waals surface area (Å²) in [6.07, 6.45) is 0.247. The topological polar surface area (TPSA) is 49.7 Å². The Hall–Kier alpha value is -2.84. The van der Waals surface area contributed by atoms with E-state index >= 15 is 0 Å². The highest BCUT2D eigenvalue weighted by Gasteiger charge is 2.13. The fourth-order valence-electron chi connectivity index (χ4n) is 2.39. The molecular formula is C21H24N4O2S2. The van der Waals surface area contributed by atoms with Crippen LogP contribution in [0.5, 0.6) is 0 Å². The first-order chi connectivity index (χ1) is 14.0. The van der Waals surface area contributed by atoms with Gasteiger partial charge in [-0.15, -0.1) is 10.2 Å². The quantitative estimate of drug-likeness (QED) is 0.301. The summed E-state index contributed by atoms with van der Waals surface area (Å²) in [4.78, 5) is 1.16. The lowest BCUT2D eigenvalue weighted by atomic mass is 10.2. The molecule has 152 valence electrons. The van der Waals surface area contributed by atoms with E-state index in [9.17, 15) is 0 Å². The van der Waals surface area contributed by atoms with Gasteiger partial charge in [0, 0.05) is 25.2 Å². The first-order valence-corrected chi connectivity index (χ1v) is 9.67. The van der Waals surface area contributed by atoms with E-state index in [0.717, 1.165) is 11.1 Å². The third-order valence-electron chi connectivity index (χ3n) is 3.93. The number of thiocarbonyl (C=S) groups is 2. The summed E-state index contributed by atoms with van der Waals surface area (Å²) in [7, 11) is 6.64. The Morgan fingerprint density at radius 2 is 1.07 bits per heavy atom. The maximum absolute atomic E-state index is 5.49. The van der Waals surface area contributed by atoms with Gasteiger partial charge in [-0.3, -0.25) is 10.0 Å². The van der Waals surface area contributed by atoms with Gasteiger partial charge >= 0.3 is 0 Å². The zero-order valence-corrected chi connectivity index (χ0v) is 18.5. The summed E-state index contributed by atoms with van der Waals surface area (Å²) in [5, 5.41) is 12.1. The molecule has 0 heterocycles. The summed E-state index contributed by atoms with van der Waals surface area (Å²) in [6.45, 7) is 0. The smallest absolute Gasteiger partial charge is 0.215 e. The second kappa shape index (κ2) is 11.2. The lowest BCUT2D eigenvalue weighted by Crippen LogP contribution is -2.26. The number of hydrogen-bond donors (Lipinski definition) is 0. The first-order valence-electron chi connectivity index (χ1n) is 8.85. The molecule has 0 spiro atoms. The Balaban J connectivity index is 2.12. The zero-order chi connectivity index (χ0) is 21.2. The van der Waals surface area contributed by atoms with Gasteiger partial charge in [-0.05, 0) is 0 Å². The van der Waals surface area contributed by atoms with E-state index in [1.54, 1.807) is 38.3 Å². The molecule has 2 aromatic carbocycles. The van der Waals surface area contributed by atoms with Gasteiger partial charge in [0.25, 0.3) is 0 Å². The van der Waals surface area contributed by atoms with E-state index in [1.807, 2.05) is 60.7 Å². The molecule has 0 aromatic heterocycles. The molecule has 6 nitrogen and oxygen atoms in total. The largest absolute Gasteiger partial charge is 0.483 e. The van der Waals surface area contributed by atoms with Crippen molar-refractivity contribution in [2.24, 2.45) is 10.2 Å². The molecule has 0 aliphatic heterocycles. The maximum Gasteiger partial charge on any atom is 0.215 e. The number of benzene rings is 2. The standard InChI is InChI=1S/C21H24N4O2S2/c1-24(20(28)16-11-7-5-8-12-16)22-18(26-3)15-19(27-4)23-25(2)21(29)17-13-9-6-10-14-17/h5-14H,15H2,1-4H3/b22-18-,23-19-. The van der Waals surface area contributed by atoms with E-state index in [2.05, 4.69) is 10.2 Å². The molecule has 2 rings (SSSR count). The summed E-state index contributed by atoms with van der Waals surface area (Å²) in [5.74, 6) is 0.816. The average Bonchev–Trinajstić information content (AvgIpc) is 2.77. The van der Waals surface area contributed by atoms with Crippen LogP contribution in [0, 0.1) is 0 Å². The minimum Gasteiger partial charge on any atom is -0.483 e. The zero-order valence-electron chi connectivity index (χ0n) is 16.9. The van der Waals surface area contributed by atoms with Crippen molar-refractivity contribution >= 4 is 46.2 Å². The van der Waals surface area contributed by atoms with Crippen LogP contribution >= 0.6 is 24.4 Å². The average molecular weight is 429 g/mol.